The van der Waals surface area contributed by atoms with Gasteiger partial charge in [-0.2, -0.15) is 0 Å². The minimum absolute atomic E-state index is 0.00343. The Kier molecular flexibility index (Phi) is 9.62. The quantitative estimate of drug-likeness (QED) is 0.353. The van der Waals surface area contributed by atoms with Gasteiger partial charge in [0.05, 0.1) is 5.52 Å². The Morgan fingerprint density at radius 3 is 2.38 bits per heavy atom. The number of benzene rings is 2. The van der Waals surface area contributed by atoms with Gasteiger partial charge in [0.25, 0.3) is 5.91 Å². The molecule has 4 N–H and O–H groups in total. The van der Waals surface area contributed by atoms with Gasteiger partial charge < -0.3 is 39.8 Å². The van der Waals surface area contributed by atoms with Crippen LogP contribution in [0.15, 0.2) is 45.6 Å². The number of H-pyrrole nitrogens is 1. The molecule has 50 heavy (non-hydrogen) atoms. The lowest BCUT2D eigenvalue weighted by molar-refractivity contribution is -0.142. The zero-order valence-electron chi connectivity index (χ0n) is 29.1. The number of rotatable bonds is 6. The van der Waals surface area contributed by atoms with Gasteiger partial charge in [0.2, 0.25) is 0 Å². The van der Waals surface area contributed by atoms with Crippen LogP contribution < -0.4 is 16.8 Å². The van der Waals surface area contributed by atoms with E-state index in [2.05, 4.69) is 22.1 Å². The highest BCUT2D eigenvalue weighted by Gasteiger charge is 2.37. The smallest absolute Gasteiger partial charge is 0.417 e. The summed E-state index contributed by atoms with van der Waals surface area (Å²) in [6, 6.07) is 11.8. The van der Waals surface area contributed by atoms with Crippen LogP contribution in [0.2, 0.25) is 0 Å². The van der Waals surface area contributed by atoms with Crippen LogP contribution in [0.3, 0.4) is 0 Å². The van der Waals surface area contributed by atoms with Crippen LogP contribution in [-0.4, -0.2) is 112 Å². The number of aryl methyl sites for hydroxylation is 1. The van der Waals surface area contributed by atoms with E-state index in [4.69, 9.17) is 14.9 Å². The van der Waals surface area contributed by atoms with Crippen molar-refractivity contribution in [2.45, 2.75) is 88.9 Å². The van der Waals surface area contributed by atoms with Crippen molar-refractivity contribution in [3.8, 4) is 0 Å². The van der Waals surface area contributed by atoms with E-state index in [0.717, 1.165) is 67.6 Å². The maximum Gasteiger partial charge on any atom is 0.417 e. The zero-order valence-corrected chi connectivity index (χ0v) is 29.1. The van der Waals surface area contributed by atoms with E-state index < -0.39 is 18.0 Å². The van der Waals surface area contributed by atoms with Gasteiger partial charge in [0, 0.05) is 75.5 Å². The number of aromatic amines is 1. The van der Waals surface area contributed by atoms with Crippen LogP contribution in [0.25, 0.3) is 11.1 Å². The van der Waals surface area contributed by atoms with E-state index in [1.165, 1.54) is 0 Å². The number of nitrogens with two attached hydrogens (primary N) is 1. The summed E-state index contributed by atoms with van der Waals surface area (Å²) in [5.74, 6) is -0.758. The predicted molar refractivity (Wildman–Crippen MR) is 189 cm³/mol. The molecule has 0 aliphatic carbocycles. The van der Waals surface area contributed by atoms with Crippen molar-refractivity contribution in [1.29, 1.82) is 0 Å². The van der Waals surface area contributed by atoms with Crippen LogP contribution in [0.1, 0.15) is 62.1 Å². The van der Waals surface area contributed by atoms with Gasteiger partial charge in [0.15, 0.2) is 11.7 Å². The molecule has 4 amide bonds. The number of piperidine rings is 3. The Balaban J connectivity index is 1.01. The molecule has 0 radical (unpaired) electrons. The second kappa shape index (κ2) is 14.1. The molecule has 268 valence electrons. The number of carbonyl (C=O) groups is 3. The Morgan fingerprint density at radius 2 is 1.64 bits per heavy atom. The molecule has 4 aliphatic heterocycles. The molecule has 4 aliphatic rings. The second-order valence-corrected chi connectivity index (χ2v) is 14.9. The Labute approximate surface area is 292 Å². The molecule has 0 saturated carbocycles. The van der Waals surface area contributed by atoms with Crippen LogP contribution in [0.4, 0.5) is 15.3 Å². The molecule has 13 heteroatoms. The van der Waals surface area contributed by atoms with Crippen molar-refractivity contribution < 1.29 is 23.5 Å². The summed E-state index contributed by atoms with van der Waals surface area (Å²) in [4.78, 5) is 63.4. The number of aromatic nitrogens is 1. The maximum absolute atomic E-state index is 14.1. The third-order valence-electron chi connectivity index (χ3n) is 11.3. The zero-order chi connectivity index (χ0) is 35.0. The number of nitrogens with zero attached hydrogens (tertiary/aromatic N) is 4. The summed E-state index contributed by atoms with van der Waals surface area (Å²) in [6.07, 6.45) is 4.23. The number of hydrogen-bond acceptors (Lipinski definition) is 8. The average molecular weight is 688 g/mol. The lowest BCUT2D eigenvalue weighted by Gasteiger charge is -2.44. The lowest BCUT2D eigenvalue weighted by atomic mass is 9.89. The summed E-state index contributed by atoms with van der Waals surface area (Å²) < 4.78 is 11.4. The number of anilines is 1. The van der Waals surface area contributed by atoms with E-state index in [0.29, 0.717) is 62.7 Å². The molecule has 3 fully saturated rings. The third kappa shape index (κ3) is 7.39. The Hall–Kier alpha value is -4.36. The number of para-hydroxylation sites is 1. The van der Waals surface area contributed by atoms with Gasteiger partial charge in [-0.1, -0.05) is 24.3 Å². The molecule has 3 saturated heterocycles. The van der Waals surface area contributed by atoms with Gasteiger partial charge in [-0.25, -0.2) is 14.4 Å². The van der Waals surface area contributed by atoms with Gasteiger partial charge >= 0.3 is 17.9 Å². The van der Waals surface area contributed by atoms with E-state index in [1.54, 1.807) is 11.0 Å². The fourth-order valence-electron chi connectivity index (χ4n) is 8.16. The Bertz CT molecular complexity index is 1780. The minimum Gasteiger partial charge on any atom is -0.436 e. The first-order chi connectivity index (χ1) is 24.0. The normalized spacial score (nSPS) is 21.4. The van der Waals surface area contributed by atoms with Crippen molar-refractivity contribution in [3.63, 3.8) is 0 Å². The topological polar surface area (TPSA) is 157 Å². The molecule has 0 spiro atoms. The molecule has 13 nitrogen and oxygen atoms in total. The molecular formula is C37H49N7O6. The summed E-state index contributed by atoms with van der Waals surface area (Å²) in [5, 5.41) is 3.04. The number of carbonyl (C=O) groups excluding carboxylic acids is 3. The monoisotopic (exact) mass is 687 g/mol. The summed E-state index contributed by atoms with van der Waals surface area (Å²) in [7, 11) is 0. The van der Waals surface area contributed by atoms with Gasteiger partial charge in [0.1, 0.15) is 0 Å². The molecule has 3 aromatic rings. The van der Waals surface area contributed by atoms with Crippen LogP contribution in [-0.2, 0) is 22.4 Å². The van der Waals surface area contributed by atoms with Crippen LogP contribution >= 0.6 is 0 Å². The fraction of sp³-hybridized carbons (Fsp3) is 0.568. The maximum atomic E-state index is 14.1. The largest absolute Gasteiger partial charge is 0.436 e. The van der Waals surface area contributed by atoms with Crippen molar-refractivity contribution in [2.75, 3.05) is 51.1 Å². The van der Waals surface area contributed by atoms with Crippen molar-refractivity contribution >= 4 is 34.8 Å². The second-order valence-electron chi connectivity index (χ2n) is 14.9. The first kappa shape index (κ1) is 34.1. The molecule has 0 bridgehead atoms. The molecule has 0 unspecified atom stereocenters. The van der Waals surface area contributed by atoms with Crippen molar-refractivity contribution in [1.82, 2.24) is 24.6 Å². The van der Waals surface area contributed by atoms with Gasteiger partial charge in [-0.05, 0) is 87.6 Å². The summed E-state index contributed by atoms with van der Waals surface area (Å²) in [5.41, 5.74) is 10.8. The highest BCUT2D eigenvalue weighted by Crippen LogP contribution is 2.28. The molecule has 1 atom stereocenters. The summed E-state index contributed by atoms with van der Waals surface area (Å²) in [6.45, 7) is 8.55. The molecule has 1 aromatic heterocycles. The van der Waals surface area contributed by atoms with Crippen LogP contribution in [0.5, 0.6) is 0 Å². The SMILES string of the molecule is Cc1cc(C[C@@H](OC(=O)N2CCC(N3CCc4ccccc4NC3=O)CC2)C(=O)N2CCC(N3CCC(C)(N)CC3)CC2)cc2oc(=O)[nH]c12. The number of fused-ring (bicyclic) bond motifs is 2. The fourth-order valence-corrected chi connectivity index (χ4v) is 8.16. The van der Waals surface area contributed by atoms with Crippen molar-refractivity contribution in [3.05, 3.63) is 63.6 Å². The van der Waals surface area contributed by atoms with Crippen molar-refractivity contribution in [2.24, 2.45) is 5.73 Å². The van der Waals surface area contributed by atoms with Crippen LogP contribution in [0, 0.1) is 6.92 Å². The first-order valence-electron chi connectivity index (χ1n) is 18.1. The Morgan fingerprint density at radius 1 is 0.960 bits per heavy atom. The highest BCUT2D eigenvalue weighted by atomic mass is 16.6. The number of likely N-dealkylation sites (tertiary alicyclic amines) is 3. The lowest BCUT2D eigenvalue weighted by Crippen LogP contribution is -2.55. The first-order valence-corrected chi connectivity index (χ1v) is 18.1. The molecule has 5 heterocycles. The molecule has 7 rings (SSSR count). The number of urea groups is 1. The number of ether oxygens (including phenoxy) is 1. The van der Waals surface area contributed by atoms with Gasteiger partial charge in [-0.15, -0.1) is 0 Å². The van der Waals surface area contributed by atoms with E-state index in [-0.39, 0.29) is 29.9 Å². The third-order valence-corrected chi connectivity index (χ3v) is 11.3. The average Bonchev–Trinajstić information content (AvgIpc) is 3.40. The predicted octanol–water partition coefficient (Wildman–Crippen LogP) is 3.84. The number of amides is 4. The number of oxazole rings is 1. The highest BCUT2D eigenvalue weighted by molar-refractivity contribution is 5.91. The van der Waals surface area contributed by atoms with Gasteiger partial charge in [-0.3, -0.25) is 9.78 Å². The number of nitrogens with one attached hydrogen (secondary N) is 2. The van der Waals surface area contributed by atoms with E-state index in [9.17, 15) is 19.2 Å². The minimum atomic E-state index is -1.04. The van der Waals surface area contributed by atoms with E-state index >= 15 is 0 Å². The number of hydrogen-bond donors (Lipinski definition) is 3. The summed E-state index contributed by atoms with van der Waals surface area (Å²) >= 11 is 0. The standard InChI is InChI=1S/C37H49N7O6/c1-24-21-25(22-30-32(24)40-35(47)49-30)23-31(33(45)42-14-8-27(9-15-42)41-19-12-37(2,38)13-20-41)50-36(48)43-16-10-28(11-17-43)44-18-7-26-5-3-4-6-29(26)39-34(44)46/h3-6,21-22,27-28,31H,7-20,23,38H2,1-2H3,(H,39,46)(H,40,47)/t31-/m1/s1. The molecular weight excluding hydrogens is 638 g/mol. The molecule has 2 aromatic carbocycles. The van der Waals surface area contributed by atoms with E-state index in [1.807, 2.05) is 47.1 Å².